The molecule has 0 saturated heterocycles. The van der Waals surface area contributed by atoms with E-state index in [4.69, 9.17) is 9.47 Å². The summed E-state index contributed by atoms with van der Waals surface area (Å²) in [5.74, 6) is 2.98. The molecular weight excluding hydrogens is 268 g/mol. The Hall–Kier alpha value is -2.34. The van der Waals surface area contributed by atoms with Crippen molar-refractivity contribution in [1.29, 1.82) is 0 Å². The van der Waals surface area contributed by atoms with Crippen molar-refractivity contribution >= 4 is 11.6 Å². The standard InChI is InChI=1S/C15H20N4O2/c1-16-13-8-14(19-15(18-13)10-20-2)17-9-11-6-4-5-7-12(11)21-3/h4-8H,9-10H2,1-3H3,(H2,16,17,18,19). The summed E-state index contributed by atoms with van der Waals surface area (Å²) in [7, 11) is 5.11. The van der Waals surface area contributed by atoms with Crippen molar-refractivity contribution in [2.45, 2.75) is 13.2 Å². The SMILES string of the molecule is CNc1cc(NCc2ccccc2OC)nc(COC)n1. The number of rotatable bonds is 7. The molecule has 0 saturated carbocycles. The van der Waals surface area contributed by atoms with E-state index in [1.807, 2.05) is 37.4 Å². The number of hydrogen-bond donors (Lipinski definition) is 2. The number of aromatic nitrogens is 2. The van der Waals surface area contributed by atoms with Gasteiger partial charge in [0.2, 0.25) is 0 Å². The molecule has 0 amide bonds. The van der Waals surface area contributed by atoms with Crippen LogP contribution in [0.15, 0.2) is 30.3 Å². The summed E-state index contributed by atoms with van der Waals surface area (Å²) in [6, 6.07) is 9.74. The number of ether oxygens (including phenoxy) is 2. The Morgan fingerprint density at radius 2 is 1.86 bits per heavy atom. The van der Waals surface area contributed by atoms with Gasteiger partial charge < -0.3 is 20.1 Å². The Morgan fingerprint density at radius 3 is 2.57 bits per heavy atom. The number of hydrogen-bond acceptors (Lipinski definition) is 6. The first-order valence-electron chi connectivity index (χ1n) is 6.67. The van der Waals surface area contributed by atoms with E-state index in [0.29, 0.717) is 19.0 Å². The van der Waals surface area contributed by atoms with Crippen LogP contribution in [0.5, 0.6) is 5.75 Å². The van der Waals surface area contributed by atoms with Gasteiger partial charge in [-0.2, -0.15) is 0 Å². The van der Waals surface area contributed by atoms with Gasteiger partial charge in [0, 0.05) is 32.3 Å². The highest BCUT2D eigenvalue weighted by Crippen LogP contribution is 2.19. The highest BCUT2D eigenvalue weighted by Gasteiger charge is 2.05. The quantitative estimate of drug-likeness (QED) is 0.814. The van der Waals surface area contributed by atoms with Gasteiger partial charge >= 0.3 is 0 Å². The van der Waals surface area contributed by atoms with Crippen molar-refractivity contribution in [2.24, 2.45) is 0 Å². The molecular formula is C15H20N4O2. The summed E-state index contributed by atoms with van der Waals surface area (Å²) < 4.78 is 10.4. The number of benzene rings is 1. The van der Waals surface area contributed by atoms with Gasteiger partial charge in [-0.25, -0.2) is 9.97 Å². The molecule has 2 aromatic rings. The van der Waals surface area contributed by atoms with Gasteiger partial charge in [0.1, 0.15) is 24.0 Å². The predicted octanol–water partition coefficient (Wildman–Crippen LogP) is 2.29. The smallest absolute Gasteiger partial charge is 0.158 e. The fourth-order valence-electron chi connectivity index (χ4n) is 1.94. The average Bonchev–Trinajstić information content (AvgIpc) is 2.53. The number of nitrogens with zero attached hydrogens (tertiary/aromatic N) is 2. The van der Waals surface area contributed by atoms with Crippen molar-refractivity contribution in [2.75, 3.05) is 31.9 Å². The summed E-state index contributed by atoms with van der Waals surface area (Å²) >= 11 is 0. The second-order valence-corrected chi connectivity index (χ2v) is 4.40. The van der Waals surface area contributed by atoms with Crippen LogP contribution in [0.2, 0.25) is 0 Å². The molecule has 6 nitrogen and oxygen atoms in total. The Labute approximate surface area is 124 Å². The van der Waals surface area contributed by atoms with Gasteiger partial charge in [0.25, 0.3) is 0 Å². The van der Waals surface area contributed by atoms with Crippen molar-refractivity contribution < 1.29 is 9.47 Å². The first-order chi connectivity index (χ1) is 10.3. The van der Waals surface area contributed by atoms with Crippen LogP contribution in [0.4, 0.5) is 11.6 Å². The second-order valence-electron chi connectivity index (χ2n) is 4.40. The lowest BCUT2D eigenvalue weighted by molar-refractivity contribution is 0.178. The lowest BCUT2D eigenvalue weighted by atomic mass is 10.2. The molecule has 1 heterocycles. The Bertz CT molecular complexity index is 590. The van der Waals surface area contributed by atoms with Crippen molar-refractivity contribution in [1.82, 2.24) is 9.97 Å². The monoisotopic (exact) mass is 288 g/mol. The number of para-hydroxylation sites is 1. The zero-order valence-corrected chi connectivity index (χ0v) is 12.5. The molecule has 6 heteroatoms. The molecule has 0 atom stereocenters. The summed E-state index contributed by atoms with van der Waals surface area (Å²) in [5.41, 5.74) is 1.07. The summed E-state index contributed by atoms with van der Waals surface area (Å²) in [4.78, 5) is 8.73. The fourth-order valence-corrected chi connectivity index (χ4v) is 1.94. The topological polar surface area (TPSA) is 68.3 Å². The number of nitrogens with one attached hydrogen (secondary N) is 2. The normalized spacial score (nSPS) is 10.2. The lowest BCUT2D eigenvalue weighted by Gasteiger charge is -2.11. The highest BCUT2D eigenvalue weighted by atomic mass is 16.5. The minimum absolute atomic E-state index is 0.374. The molecule has 0 bridgehead atoms. The third-order valence-corrected chi connectivity index (χ3v) is 2.95. The molecule has 0 fully saturated rings. The zero-order valence-electron chi connectivity index (χ0n) is 12.5. The second kappa shape index (κ2) is 7.44. The minimum Gasteiger partial charge on any atom is -0.496 e. The van der Waals surface area contributed by atoms with Crippen LogP contribution in [-0.2, 0) is 17.9 Å². The van der Waals surface area contributed by atoms with Gasteiger partial charge in [-0.3, -0.25) is 0 Å². The van der Waals surface area contributed by atoms with Crippen molar-refractivity contribution in [3.63, 3.8) is 0 Å². The molecule has 21 heavy (non-hydrogen) atoms. The van der Waals surface area contributed by atoms with Crippen LogP contribution in [-0.4, -0.2) is 31.2 Å². The van der Waals surface area contributed by atoms with E-state index >= 15 is 0 Å². The Morgan fingerprint density at radius 1 is 1.10 bits per heavy atom. The minimum atomic E-state index is 0.374. The van der Waals surface area contributed by atoms with Crippen LogP contribution < -0.4 is 15.4 Å². The van der Waals surface area contributed by atoms with E-state index < -0.39 is 0 Å². The van der Waals surface area contributed by atoms with E-state index in [1.54, 1.807) is 14.2 Å². The van der Waals surface area contributed by atoms with Crippen LogP contribution in [0.25, 0.3) is 0 Å². The molecule has 0 spiro atoms. The Kier molecular flexibility index (Phi) is 5.34. The van der Waals surface area contributed by atoms with E-state index in [0.717, 1.165) is 22.9 Å². The first kappa shape index (κ1) is 15.1. The summed E-state index contributed by atoms with van der Waals surface area (Å²) in [5, 5.41) is 6.30. The molecule has 0 aliphatic heterocycles. The van der Waals surface area contributed by atoms with Crippen LogP contribution in [0.1, 0.15) is 11.4 Å². The van der Waals surface area contributed by atoms with Gasteiger partial charge in [-0.1, -0.05) is 18.2 Å². The molecule has 1 aromatic heterocycles. The molecule has 112 valence electrons. The van der Waals surface area contributed by atoms with Gasteiger partial charge in [-0.05, 0) is 6.07 Å². The first-order valence-corrected chi connectivity index (χ1v) is 6.67. The molecule has 0 aliphatic rings. The summed E-state index contributed by atoms with van der Waals surface area (Å²) in [6.07, 6.45) is 0. The van der Waals surface area contributed by atoms with E-state index in [1.165, 1.54) is 0 Å². The van der Waals surface area contributed by atoms with Crippen molar-refractivity contribution in [3.8, 4) is 5.75 Å². The molecule has 0 aliphatic carbocycles. The van der Waals surface area contributed by atoms with Crippen LogP contribution in [0, 0.1) is 0 Å². The predicted molar refractivity (Wildman–Crippen MR) is 82.6 cm³/mol. The number of anilines is 2. The molecule has 1 aromatic carbocycles. The van der Waals surface area contributed by atoms with Crippen molar-refractivity contribution in [3.05, 3.63) is 41.7 Å². The van der Waals surface area contributed by atoms with E-state index in [-0.39, 0.29) is 0 Å². The van der Waals surface area contributed by atoms with Crippen LogP contribution >= 0.6 is 0 Å². The average molecular weight is 288 g/mol. The fraction of sp³-hybridized carbons (Fsp3) is 0.333. The van der Waals surface area contributed by atoms with Gasteiger partial charge in [0.05, 0.1) is 7.11 Å². The third-order valence-electron chi connectivity index (χ3n) is 2.95. The van der Waals surface area contributed by atoms with Gasteiger partial charge in [0.15, 0.2) is 5.82 Å². The van der Waals surface area contributed by atoms with E-state index in [2.05, 4.69) is 20.6 Å². The number of methoxy groups -OCH3 is 2. The lowest BCUT2D eigenvalue weighted by Crippen LogP contribution is -2.08. The molecule has 2 N–H and O–H groups in total. The molecule has 0 radical (unpaired) electrons. The maximum Gasteiger partial charge on any atom is 0.158 e. The van der Waals surface area contributed by atoms with Crippen LogP contribution in [0.3, 0.4) is 0 Å². The third kappa shape index (κ3) is 4.06. The van der Waals surface area contributed by atoms with Gasteiger partial charge in [-0.15, -0.1) is 0 Å². The largest absolute Gasteiger partial charge is 0.496 e. The molecule has 2 rings (SSSR count). The molecule has 0 unspecified atom stereocenters. The maximum atomic E-state index is 5.34. The maximum absolute atomic E-state index is 5.34. The zero-order chi connectivity index (χ0) is 15.1. The highest BCUT2D eigenvalue weighted by molar-refractivity contribution is 5.48. The van der Waals surface area contributed by atoms with E-state index in [9.17, 15) is 0 Å². The summed E-state index contributed by atoms with van der Waals surface area (Å²) in [6.45, 7) is 0.995. The Balaban J connectivity index is 2.13.